The Morgan fingerprint density at radius 2 is 2.16 bits per heavy atom. The van der Waals surface area contributed by atoms with Crippen molar-refractivity contribution in [3.63, 3.8) is 0 Å². The van der Waals surface area contributed by atoms with Crippen molar-refractivity contribution < 1.29 is 4.74 Å². The van der Waals surface area contributed by atoms with E-state index in [1.54, 1.807) is 7.11 Å². The van der Waals surface area contributed by atoms with Gasteiger partial charge in [-0.05, 0) is 39.8 Å². The average Bonchev–Trinajstić information content (AvgIpc) is 3.22. The highest BCUT2D eigenvalue weighted by atomic mass is 16.5. The Labute approximate surface area is 116 Å². The van der Waals surface area contributed by atoms with E-state index in [1.165, 1.54) is 24.0 Å². The second-order valence-electron chi connectivity index (χ2n) is 5.63. The summed E-state index contributed by atoms with van der Waals surface area (Å²) in [7, 11) is 3.96. The van der Waals surface area contributed by atoms with Crippen LogP contribution < -0.4 is 10.1 Å². The fourth-order valence-electron chi connectivity index (χ4n) is 2.46. The lowest BCUT2D eigenvalue weighted by atomic mass is 10.0. The Morgan fingerprint density at radius 3 is 2.79 bits per heavy atom. The van der Waals surface area contributed by atoms with Crippen LogP contribution in [0.2, 0.25) is 0 Å². The first-order chi connectivity index (χ1) is 9.11. The van der Waals surface area contributed by atoms with Crippen molar-refractivity contribution in [2.75, 3.05) is 27.2 Å². The van der Waals surface area contributed by atoms with Gasteiger partial charge in [0.15, 0.2) is 0 Å². The molecule has 0 amide bonds. The third kappa shape index (κ3) is 3.95. The number of methoxy groups -OCH3 is 1. The lowest BCUT2D eigenvalue weighted by molar-refractivity contribution is 0.315. The van der Waals surface area contributed by atoms with Gasteiger partial charge in [0.05, 0.1) is 7.11 Å². The van der Waals surface area contributed by atoms with Crippen LogP contribution in [-0.2, 0) is 0 Å². The molecule has 1 saturated carbocycles. The van der Waals surface area contributed by atoms with Crippen LogP contribution in [0.5, 0.6) is 5.75 Å². The SMILES string of the molecule is COc1ccc(C)cc1C(C)NCCN(C)C1CC1. The van der Waals surface area contributed by atoms with Crippen molar-refractivity contribution >= 4 is 0 Å². The normalized spacial score (nSPS) is 16.7. The molecule has 1 aliphatic carbocycles. The third-order valence-corrected chi connectivity index (χ3v) is 3.94. The maximum atomic E-state index is 5.45. The molecule has 1 N–H and O–H groups in total. The molecule has 1 fully saturated rings. The molecule has 1 unspecified atom stereocenters. The maximum Gasteiger partial charge on any atom is 0.123 e. The molecule has 3 nitrogen and oxygen atoms in total. The highest BCUT2D eigenvalue weighted by Gasteiger charge is 2.25. The van der Waals surface area contributed by atoms with Gasteiger partial charge in [-0.1, -0.05) is 17.7 Å². The van der Waals surface area contributed by atoms with Crippen LogP contribution in [0.15, 0.2) is 18.2 Å². The van der Waals surface area contributed by atoms with Crippen molar-refractivity contribution in [3.05, 3.63) is 29.3 Å². The summed E-state index contributed by atoms with van der Waals surface area (Å²) < 4.78 is 5.45. The number of hydrogen-bond donors (Lipinski definition) is 1. The molecular weight excluding hydrogens is 236 g/mol. The fourth-order valence-corrected chi connectivity index (χ4v) is 2.46. The summed E-state index contributed by atoms with van der Waals surface area (Å²) in [6.45, 7) is 6.46. The minimum Gasteiger partial charge on any atom is -0.496 e. The van der Waals surface area contributed by atoms with E-state index in [0.29, 0.717) is 6.04 Å². The molecule has 3 heteroatoms. The first-order valence-corrected chi connectivity index (χ1v) is 7.20. The predicted octanol–water partition coefficient (Wildman–Crippen LogP) is 2.75. The molecule has 0 radical (unpaired) electrons. The average molecular weight is 262 g/mol. The topological polar surface area (TPSA) is 24.5 Å². The van der Waals surface area contributed by atoms with E-state index in [2.05, 4.69) is 49.3 Å². The summed E-state index contributed by atoms with van der Waals surface area (Å²) in [4.78, 5) is 2.45. The van der Waals surface area contributed by atoms with Crippen LogP contribution >= 0.6 is 0 Å². The Balaban J connectivity index is 1.87. The summed E-state index contributed by atoms with van der Waals surface area (Å²) in [6.07, 6.45) is 2.75. The first-order valence-electron chi connectivity index (χ1n) is 7.20. The Hall–Kier alpha value is -1.06. The Morgan fingerprint density at radius 1 is 1.42 bits per heavy atom. The molecule has 1 aromatic carbocycles. The lowest BCUT2D eigenvalue weighted by Gasteiger charge is -2.21. The third-order valence-electron chi connectivity index (χ3n) is 3.94. The van der Waals surface area contributed by atoms with Gasteiger partial charge >= 0.3 is 0 Å². The predicted molar refractivity (Wildman–Crippen MR) is 79.8 cm³/mol. The van der Waals surface area contributed by atoms with E-state index in [9.17, 15) is 0 Å². The first kappa shape index (κ1) is 14.4. The van der Waals surface area contributed by atoms with Crippen molar-refractivity contribution in [1.82, 2.24) is 10.2 Å². The number of benzene rings is 1. The van der Waals surface area contributed by atoms with Gasteiger partial charge in [0.2, 0.25) is 0 Å². The van der Waals surface area contributed by atoms with Gasteiger partial charge < -0.3 is 15.0 Å². The quantitative estimate of drug-likeness (QED) is 0.818. The molecule has 19 heavy (non-hydrogen) atoms. The smallest absolute Gasteiger partial charge is 0.123 e. The zero-order chi connectivity index (χ0) is 13.8. The van der Waals surface area contributed by atoms with Crippen LogP contribution in [0.1, 0.15) is 36.9 Å². The number of likely N-dealkylation sites (N-methyl/N-ethyl adjacent to an activating group) is 1. The summed E-state index contributed by atoms with van der Waals surface area (Å²) in [5.41, 5.74) is 2.52. The number of ether oxygens (including phenoxy) is 1. The van der Waals surface area contributed by atoms with Crippen LogP contribution in [0.4, 0.5) is 0 Å². The summed E-state index contributed by atoms with van der Waals surface area (Å²) in [5.74, 6) is 0.973. The summed E-state index contributed by atoms with van der Waals surface area (Å²) in [6, 6.07) is 7.52. The molecule has 0 aromatic heterocycles. The molecule has 1 atom stereocenters. The number of rotatable bonds is 7. The van der Waals surface area contributed by atoms with Gasteiger partial charge in [0.25, 0.3) is 0 Å². The molecule has 0 aliphatic heterocycles. The summed E-state index contributed by atoms with van der Waals surface area (Å²) in [5, 5.41) is 3.59. The zero-order valence-corrected chi connectivity index (χ0v) is 12.6. The summed E-state index contributed by atoms with van der Waals surface area (Å²) >= 11 is 0. The van der Waals surface area contributed by atoms with E-state index in [-0.39, 0.29) is 0 Å². The van der Waals surface area contributed by atoms with Gasteiger partial charge in [-0.25, -0.2) is 0 Å². The second kappa shape index (κ2) is 6.40. The van der Waals surface area contributed by atoms with Crippen molar-refractivity contribution in [1.29, 1.82) is 0 Å². The van der Waals surface area contributed by atoms with Crippen LogP contribution in [0.3, 0.4) is 0 Å². The van der Waals surface area contributed by atoms with Gasteiger partial charge in [0.1, 0.15) is 5.75 Å². The number of nitrogens with one attached hydrogen (secondary N) is 1. The molecule has 0 saturated heterocycles. The lowest BCUT2D eigenvalue weighted by Crippen LogP contribution is -2.32. The molecular formula is C16H26N2O. The van der Waals surface area contributed by atoms with Gasteiger partial charge in [-0.15, -0.1) is 0 Å². The molecule has 0 spiro atoms. The molecule has 106 valence electrons. The highest BCUT2D eigenvalue weighted by Crippen LogP contribution is 2.26. The van der Waals surface area contributed by atoms with Crippen molar-refractivity contribution in [2.45, 2.75) is 38.8 Å². The number of hydrogen-bond acceptors (Lipinski definition) is 3. The largest absolute Gasteiger partial charge is 0.496 e. The van der Waals surface area contributed by atoms with Crippen LogP contribution in [0.25, 0.3) is 0 Å². The minimum absolute atomic E-state index is 0.322. The number of nitrogens with zero attached hydrogens (tertiary/aromatic N) is 1. The Bertz CT molecular complexity index is 415. The molecule has 1 aromatic rings. The van der Waals surface area contributed by atoms with E-state index < -0.39 is 0 Å². The minimum atomic E-state index is 0.322. The molecule has 1 aliphatic rings. The molecule has 0 bridgehead atoms. The van der Waals surface area contributed by atoms with Gasteiger partial charge in [-0.2, -0.15) is 0 Å². The monoisotopic (exact) mass is 262 g/mol. The second-order valence-corrected chi connectivity index (χ2v) is 5.63. The van der Waals surface area contributed by atoms with E-state index in [1.807, 2.05) is 0 Å². The fraction of sp³-hybridized carbons (Fsp3) is 0.625. The van der Waals surface area contributed by atoms with E-state index >= 15 is 0 Å². The highest BCUT2D eigenvalue weighted by molar-refractivity contribution is 5.38. The number of aryl methyl sites for hydroxylation is 1. The Kier molecular flexibility index (Phi) is 4.83. The van der Waals surface area contributed by atoms with Crippen molar-refractivity contribution in [2.24, 2.45) is 0 Å². The zero-order valence-electron chi connectivity index (χ0n) is 12.6. The van der Waals surface area contributed by atoms with Gasteiger partial charge in [0, 0.05) is 30.7 Å². The van der Waals surface area contributed by atoms with E-state index in [4.69, 9.17) is 4.74 Å². The van der Waals surface area contributed by atoms with Crippen molar-refractivity contribution in [3.8, 4) is 5.75 Å². The molecule has 0 heterocycles. The van der Waals surface area contributed by atoms with E-state index in [0.717, 1.165) is 24.9 Å². The van der Waals surface area contributed by atoms with Crippen LogP contribution in [-0.4, -0.2) is 38.2 Å². The van der Waals surface area contributed by atoms with Crippen LogP contribution in [0, 0.1) is 6.92 Å². The molecule has 2 rings (SSSR count). The maximum absolute atomic E-state index is 5.45. The van der Waals surface area contributed by atoms with Gasteiger partial charge in [-0.3, -0.25) is 0 Å². The standard InChI is InChI=1S/C16H26N2O/c1-12-5-8-16(19-4)15(11-12)13(2)17-9-10-18(3)14-6-7-14/h5,8,11,13-14,17H,6-7,9-10H2,1-4H3.